The largest absolute Gasteiger partial charge is 0.457 e. The van der Waals surface area contributed by atoms with E-state index in [0.717, 1.165) is 71.9 Å². The minimum absolute atomic E-state index is 0.173. The molecule has 2 N–H and O–H groups in total. The number of ether oxygens (including phenoxy) is 1. The summed E-state index contributed by atoms with van der Waals surface area (Å²) in [6.45, 7) is 2.72. The van der Waals surface area contributed by atoms with E-state index in [-0.39, 0.29) is 29.5 Å². The molecule has 0 radical (unpaired) electrons. The van der Waals surface area contributed by atoms with Crippen molar-refractivity contribution in [3.05, 3.63) is 94.9 Å². The molecule has 2 unspecified atom stereocenters. The van der Waals surface area contributed by atoms with Crippen LogP contribution < -0.4 is 5.32 Å². The minimum atomic E-state index is -0.422. The molecule has 0 aliphatic carbocycles. The topological polar surface area (TPSA) is 54.1 Å². The summed E-state index contributed by atoms with van der Waals surface area (Å²) in [5.41, 5.74) is 5.03. The van der Waals surface area contributed by atoms with E-state index < -0.39 is 6.10 Å². The average Bonchev–Trinajstić information content (AvgIpc) is 3.36. The molecule has 2 atom stereocenters. The van der Waals surface area contributed by atoms with Gasteiger partial charge in [0.05, 0.1) is 5.52 Å². The number of aromatic nitrogens is 1. The number of carbonyl (C=O) groups excluding carboxylic acids is 1. The summed E-state index contributed by atoms with van der Waals surface area (Å²) in [4.78, 5) is 15.9. The summed E-state index contributed by atoms with van der Waals surface area (Å²) in [5.74, 6) is -1.16. The number of H-pyrrole nitrogens is 1. The van der Waals surface area contributed by atoms with E-state index in [2.05, 4.69) is 17.2 Å². The predicted molar refractivity (Wildman–Crippen MR) is 156 cm³/mol. The normalized spacial score (nSPS) is 15.6. The molecule has 0 fully saturated rings. The third kappa shape index (κ3) is 7.02. The van der Waals surface area contributed by atoms with Crippen molar-refractivity contribution in [2.45, 2.75) is 83.4 Å². The second-order valence-electron chi connectivity index (χ2n) is 11.0. The fourth-order valence-electron chi connectivity index (χ4n) is 5.83. The number of halogens is 3. The number of unbranched alkanes of at least 4 members (excludes halogenated alkanes) is 3. The molecule has 1 aliphatic rings. The lowest BCUT2D eigenvalue weighted by Gasteiger charge is -2.25. The van der Waals surface area contributed by atoms with Crippen molar-refractivity contribution in [2.24, 2.45) is 0 Å². The molecule has 5 rings (SSSR count). The quantitative estimate of drug-likeness (QED) is 0.134. The van der Waals surface area contributed by atoms with Gasteiger partial charge < -0.3 is 15.0 Å². The Morgan fingerprint density at radius 1 is 0.927 bits per heavy atom. The van der Waals surface area contributed by atoms with E-state index in [1.54, 1.807) is 30.3 Å². The van der Waals surface area contributed by atoms with Gasteiger partial charge in [-0.25, -0.2) is 13.2 Å². The smallest absolute Gasteiger partial charge is 0.306 e. The van der Waals surface area contributed by atoms with Gasteiger partial charge in [0.15, 0.2) is 0 Å². The maximum Gasteiger partial charge on any atom is 0.306 e. The van der Waals surface area contributed by atoms with Gasteiger partial charge in [0.25, 0.3) is 0 Å². The monoisotopic (exact) mass is 562 g/mol. The summed E-state index contributed by atoms with van der Waals surface area (Å²) in [5, 5.41) is 4.44. The molecule has 0 bridgehead atoms. The highest BCUT2D eigenvalue weighted by atomic mass is 19.1. The van der Waals surface area contributed by atoms with E-state index in [9.17, 15) is 18.0 Å². The highest BCUT2D eigenvalue weighted by molar-refractivity contribution is 5.99. The molecule has 7 heteroatoms. The molecule has 2 heterocycles. The highest BCUT2D eigenvalue weighted by Gasteiger charge is 2.26. The number of hydrogen-bond acceptors (Lipinski definition) is 3. The van der Waals surface area contributed by atoms with E-state index in [1.807, 2.05) is 0 Å². The predicted octanol–water partition coefficient (Wildman–Crippen LogP) is 8.69. The van der Waals surface area contributed by atoms with Crippen LogP contribution in [0.4, 0.5) is 13.2 Å². The number of rotatable bonds is 12. The van der Waals surface area contributed by atoms with Crippen molar-refractivity contribution in [3.8, 4) is 11.1 Å². The number of carbonyl (C=O) groups is 1. The molecule has 0 spiro atoms. The number of esters is 1. The van der Waals surface area contributed by atoms with Crippen LogP contribution in [0.25, 0.3) is 22.0 Å². The molecule has 3 aromatic carbocycles. The summed E-state index contributed by atoms with van der Waals surface area (Å²) in [7, 11) is 0. The Morgan fingerprint density at radius 2 is 1.66 bits per heavy atom. The van der Waals surface area contributed by atoms with Gasteiger partial charge in [0.1, 0.15) is 23.6 Å². The molecule has 4 nitrogen and oxygen atoms in total. The third-order valence-corrected chi connectivity index (χ3v) is 8.04. The first kappa shape index (κ1) is 28.9. The Balaban J connectivity index is 1.25. The van der Waals surface area contributed by atoms with Gasteiger partial charge in [-0.15, -0.1) is 0 Å². The molecule has 1 aromatic heterocycles. The van der Waals surface area contributed by atoms with Gasteiger partial charge >= 0.3 is 5.97 Å². The van der Waals surface area contributed by atoms with Crippen molar-refractivity contribution in [1.82, 2.24) is 10.3 Å². The fraction of sp³-hybridized carbons (Fsp3) is 0.382. The standard InChI is InChI=1S/C34H37F3N2O2/c1-2-3-4-5-9-32(40)41-31(23-12-16-25(36)17-13-23)8-6-7-26-20-30-28(21-38-26)33-27(18-19-29(37)34(33)39-30)22-10-14-24(35)15-11-22/h10-19,26,31,38-39H,2-9,20-21H2,1H3. The van der Waals surface area contributed by atoms with Crippen LogP contribution in [-0.4, -0.2) is 17.0 Å². The van der Waals surface area contributed by atoms with Gasteiger partial charge in [-0.05, 0) is 78.3 Å². The summed E-state index contributed by atoms with van der Waals surface area (Å²) < 4.78 is 47.8. The molecule has 41 heavy (non-hydrogen) atoms. The Hall–Kier alpha value is -3.58. The van der Waals surface area contributed by atoms with E-state index in [0.29, 0.717) is 31.3 Å². The van der Waals surface area contributed by atoms with Crippen LogP contribution in [0.3, 0.4) is 0 Å². The second-order valence-corrected chi connectivity index (χ2v) is 11.0. The van der Waals surface area contributed by atoms with Crippen molar-refractivity contribution in [2.75, 3.05) is 0 Å². The first-order valence-corrected chi connectivity index (χ1v) is 14.7. The van der Waals surface area contributed by atoms with Gasteiger partial charge in [-0.2, -0.15) is 0 Å². The summed E-state index contributed by atoms with van der Waals surface area (Å²) >= 11 is 0. The number of hydrogen-bond donors (Lipinski definition) is 2. The van der Waals surface area contributed by atoms with Crippen molar-refractivity contribution >= 4 is 16.9 Å². The minimum Gasteiger partial charge on any atom is -0.457 e. The fourth-order valence-corrected chi connectivity index (χ4v) is 5.83. The molecule has 0 amide bonds. The summed E-state index contributed by atoms with van der Waals surface area (Å²) in [6, 6.07) is 15.8. The second kappa shape index (κ2) is 13.4. The van der Waals surface area contributed by atoms with Crippen molar-refractivity contribution < 1.29 is 22.7 Å². The number of aromatic amines is 1. The maximum atomic E-state index is 14.9. The van der Waals surface area contributed by atoms with E-state index in [4.69, 9.17) is 4.74 Å². The van der Waals surface area contributed by atoms with Gasteiger partial charge in [-0.1, -0.05) is 56.5 Å². The zero-order valence-electron chi connectivity index (χ0n) is 23.4. The van der Waals surface area contributed by atoms with Crippen molar-refractivity contribution in [1.29, 1.82) is 0 Å². The Labute approximate surface area is 239 Å². The lowest BCUT2D eigenvalue weighted by molar-refractivity contribution is -0.150. The summed E-state index contributed by atoms with van der Waals surface area (Å²) in [6.07, 6.45) is 6.97. The van der Waals surface area contributed by atoms with Crippen LogP contribution in [0.5, 0.6) is 0 Å². The van der Waals surface area contributed by atoms with Crippen LogP contribution in [0.1, 0.15) is 81.2 Å². The number of nitrogens with one attached hydrogen (secondary N) is 2. The van der Waals surface area contributed by atoms with Gasteiger partial charge in [-0.3, -0.25) is 4.79 Å². The molecule has 1 aliphatic heterocycles. The lowest BCUT2D eigenvalue weighted by atomic mass is 9.93. The molecule has 4 aromatic rings. The zero-order valence-corrected chi connectivity index (χ0v) is 23.4. The van der Waals surface area contributed by atoms with Gasteiger partial charge in [0, 0.05) is 36.5 Å². The van der Waals surface area contributed by atoms with E-state index in [1.165, 1.54) is 30.3 Å². The Morgan fingerprint density at radius 3 is 2.39 bits per heavy atom. The molecule has 216 valence electrons. The first-order valence-electron chi connectivity index (χ1n) is 14.7. The van der Waals surface area contributed by atoms with Crippen LogP contribution >= 0.6 is 0 Å². The molecule has 0 saturated carbocycles. The number of benzene rings is 3. The SMILES string of the molecule is CCCCCCC(=O)OC(CCCC1Cc2[nH]c3c(F)ccc(-c4ccc(F)cc4)c3c2CN1)c1ccc(F)cc1. The van der Waals surface area contributed by atoms with Crippen LogP contribution in [0, 0.1) is 17.5 Å². The molecule has 0 saturated heterocycles. The number of fused-ring (bicyclic) bond motifs is 3. The zero-order chi connectivity index (χ0) is 28.8. The van der Waals surface area contributed by atoms with Gasteiger partial charge in [0.2, 0.25) is 0 Å². The first-order chi connectivity index (χ1) is 19.9. The lowest BCUT2D eigenvalue weighted by Crippen LogP contribution is -2.35. The maximum absolute atomic E-state index is 14.9. The molecular formula is C34H37F3N2O2. The van der Waals surface area contributed by atoms with E-state index >= 15 is 0 Å². The Bertz CT molecular complexity index is 1460. The molecular weight excluding hydrogens is 525 g/mol. The average molecular weight is 563 g/mol. The van der Waals surface area contributed by atoms with Crippen molar-refractivity contribution in [3.63, 3.8) is 0 Å². The van der Waals surface area contributed by atoms with Crippen LogP contribution in [-0.2, 0) is 22.5 Å². The Kier molecular flexibility index (Phi) is 9.45. The third-order valence-electron chi connectivity index (χ3n) is 8.04. The van der Waals surface area contributed by atoms with Crippen LogP contribution in [0.2, 0.25) is 0 Å². The highest BCUT2D eigenvalue weighted by Crippen LogP contribution is 2.37. The van der Waals surface area contributed by atoms with Crippen LogP contribution in [0.15, 0.2) is 60.7 Å².